The third-order valence-electron chi connectivity index (χ3n) is 3.35. The summed E-state index contributed by atoms with van der Waals surface area (Å²) in [7, 11) is 1.34. The van der Waals surface area contributed by atoms with Crippen LogP contribution < -0.4 is 9.41 Å². The van der Waals surface area contributed by atoms with E-state index in [2.05, 4.69) is 0 Å². The summed E-state index contributed by atoms with van der Waals surface area (Å²) in [6.07, 6.45) is 0. The van der Waals surface area contributed by atoms with Crippen LogP contribution in [0.25, 0.3) is 10.1 Å². The maximum atomic E-state index is 12.3. The van der Waals surface area contributed by atoms with Crippen LogP contribution in [0.3, 0.4) is 0 Å². The second-order valence-corrected chi connectivity index (χ2v) is 7.27. The average molecular weight is 363 g/mol. The van der Waals surface area contributed by atoms with Gasteiger partial charge in [-0.25, -0.2) is 4.79 Å². The quantitative estimate of drug-likeness (QED) is 0.366. The number of ether oxygens (including phenoxy) is 2. The summed E-state index contributed by atoms with van der Waals surface area (Å²) in [6.45, 7) is 0.351. The first kappa shape index (κ1) is 16.9. The van der Waals surface area contributed by atoms with E-state index in [9.17, 15) is 4.79 Å². The number of carbonyl (C=O) groups excluding carboxylic acids is 1. The second kappa shape index (κ2) is 7.73. The van der Waals surface area contributed by atoms with Gasteiger partial charge in [0.25, 0.3) is 0 Å². The molecule has 124 valence electrons. The molecule has 7 heteroatoms. The Bertz CT molecular complexity index is 847. The standard InChI is InChI=1S/C17H16O5PS/c1-19-17(18)15-14(21-10-12-6-4-3-5-7-12)16-13(8-9-24-16)11-23(15)22-20-2/h3-9,11H,10H2,1-2H3/q+1. The zero-order valence-electron chi connectivity index (χ0n) is 13.2. The summed E-state index contributed by atoms with van der Waals surface area (Å²) in [5.74, 6) is 1.91. The van der Waals surface area contributed by atoms with Crippen LogP contribution in [0.5, 0.6) is 5.75 Å². The van der Waals surface area contributed by atoms with Gasteiger partial charge in [0, 0.05) is 5.39 Å². The molecule has 0 N–H and O–H groups in total. The van der Waals surface area contributed by atoms with Crippen molar-refractivity contribution in [3.8, 4) is 5.75 Å². The largest absolute Gasteiger partial charge is 0.483 e. The highest BCUT2D eigenvalue weighted by Crippen LogP contribution is 2.46. The molecular weight excluding hydrogens is 347 g/mol. The molecule has 0 saturated heterocycles. The van der Waals surface area contributed by atoms with E-state index in [1.165, 1.54) is 25.6 Å². The molecule has 0 saturated carbocycles. The smallest absolute Gasteiger partial charge is 0.388 e. The second-order valence-electron chi connectivity index (χ2n) is 4.84. The van der Waals surface area contributed by atoms with Gasteiger partial charge >= 0.3 is 19.0 Å². The monoisotopic (exact) mass is 363 g/mol. The van der Waals surface area contributed by atoms with E-state index in [0.29, 0.717) is 17.7 Å². The number of esters is 1. The molecule has 3 aromatic rings. The average Bonchev–Trinajstić information content (AvgIpc) is 3.08. The highest BCUT2D eigenvalue weighted by molar-refractivity contribution is 7.46. The number of hydrogen-bond acceptors (Lipinski definition) is 6. The molecule has 3 rings (SSSR count). The van der Waals surface area contributed by atoms with Crippen molar-refractivity contribution in [2.24, 2.45) is 0 Å². The third kappa shape index (κ3) is 3.42. The van der Waals surface area contributed by atoms with Crippen LogP contribution >= 0.6 is 19.1 Å². The van der Waals surface area contributed by atoms with Crippen LogP contribution in [0.2, 0.25) is 0 Å². The zero-order valence-corrected chi connectivity index (χ0v) is 14.9. The first-order valence-corrected chi connectivity index (χ1v) is 9.37. The molecule has 1 aromatic carbocycles. The third-order valence-corrected chi connectivity index (χ3v) is 5.93. The Labute approximate surface area is 144 Å². The minimum absolute atomic E-state index is 0.351. The number of fused-ring (bicyclic) bond motifs is 1. The Morgan fingerprint density at radius 3 is 2.67 bits per heavy atom. The minimum Gasteiger partial charge on any atom is -0.483 e. The molecule has 1 atom stereocenters. The van der Waals surface area contributed by atoms with Crippen molar-refractivity contribution in [3.63, 3.8) is 0 Å². The number of hydrogen-bond donors (Lipinski definition) is 0. The van der Waals surface area contributed by atoms with Gasteiger partial charge in [0.1, 0.15) is 6.61 Å². The molecule has 2 aromatic heterocycles. The number of methoxy groups -OCH3 is 1. The summed E-state index contributed by atoms with van der Waals surface area (Å²) in [5, 5.41) is 3.28. The van der Waals surface area contributed by atoms with Crippen molar-refractivity contribution in [2.45, 2.75) is 6.61 Å². The molecule has 0 fully saturated rings. The lowest BCUT2D eigenvalue weighted by molar-refractivity contribution is -0.126. The summed E-state index contributed by atoms with van der Waals surface area (Å²) in [4.78, 5) is 17.1. The minimum atomic E-state index is -1.42. The van der Waals surface area contributed by atoms with Crippen molar-refractivity contribution in [1.29, 1.82) is 0 Å². The van der Waals surface area contributed by atoms with Crippen molar-refractivity contribution < 1.29 is 23.8 Å². The SMILES string of the molecule is COO[p+]1cc2ccsc2c(OCc2ccccc2)c1C(=O)OC. The molecule has 0 aliphatic carbocycles. The molecule has 0 aliphatic rings. The first-order chi connectivity index (χ1) is 11.7. The van der Waals surface area contributed by atoms with Gasteiger partial charge in [-0.3, -0.25) is 0 Å². The van der Waals surface area contributed by atoms with Gasteiger partial charge in [0.05, 0.1) is 18.9 Å². The van der Waals surface area contributed by atoms with Crippen LogP contribution in [0.1, 0.15) is 15.7 Å². The fourth-order valence-electron chi connectivity index (χ4n) is 2.29. The fourth-order valence-corrected chi connectivity index (χ4v) is 4.85. The molecule has 24 heavy (non-hydrogen) atoms. The van der Waals surface area contributed by atoms with Gasteiger partial charge in [-0.1, -0.05) is 30.3 Å². The van der Waals surface area contributed by atoms with Crippen LogP contribution in [-0.2, 0) is 16.2 Å². The predicted molar refractivity (Wildman–Crippen MR) is 94.6 cm³/mol. The zero-order chi connectivity index (χ0) is 16.9. The van der Waals surface area contributed by atoms with Gasteiger partial charge in [-0.15, -0.1) is 11.3 Å². The van der Waals surface area contributed by atoms with Gasteiger partial charge in [-0.2, -0.15) is 4.89 Å². The van der Waals surface area contributed by atoms with Crippen LogP contribution in [0.15, 0.2) is 47.6 Å². The summed E-state index contributed by atoms with van der Waals surface area (Å²) in [5.41, 5.74) is 1.01. The van der Waals surface area contributed by atoms with E-state index >= 15 is 0 Å². The van der Waals surface area contributed by atoms with Gasteiger partial charge in [0.2, 0.25) is 0 Å². The maximum absolute atomic E-state index is 12.3. The molecule has 0 bridgehead atoms. The lowest BCUT2D eigenvalue weighted by atomic mass is 10.2. The van der Waals surface area contributed by atoms with Crippen molar-refractivity contribution >= 4 is 35.2 Å². The lowest BCUT2D eigenvalue weighted by Gasteiger charge is -2.09. The maximum Gasteiger partial charge on any atom is 0.388 e. The highest BCUT2D eigenvalue weighted by Gasteiger charge is 2.34. The van der Waals surface area contributed by atoms with Crippen molar-refractivity contribution in [1.82, 2.24) is 0 Å². The van der Waals surface area contributed by atoms with Gasteiger partial charge in [-0.05, 0) is 21.7 Å². The van der Waals surface area contributed by atoms with E-state index in [1.54, 1.807) is 0 Å². The number of thiophene rings is 1. The van der Waals surface area contributed by atoms with Crippen LogP contribution in [-0.4, -0.2) is 20.2 Å². The Morgan fingerprint density at radius 2 is 1.96 bits per heavy atom. The van der Waals surface area contributed by atoms with Crippen LogP contribution in [0, 0.1) is 0 Å². The van der Waals surface area contributed by atoms with Gasteiger partial charge < -0.3 is 9.47 Å². The summed E-state index contributed by atoms with van der Waals surface area (Å²) < 4.78 is 17.1. The topological polar surface area (TPSA) is 54.0 Å². The predicted octanol–water partition coefficient (Wildman–Crippen LogP) is 4.52. The van der Waals surface area contributed by atoms with Gasteiger partial charge in [0.15, 0.2) is 11.5 Å². The number of benzene rings is 1. The van der Waals surface area contributed by atoms with Crippen LogP contribution in [0.4, 0.5) is 0 Å². The molecule has 1 unspecified atom stereocenters. The molecule has 0 spiro atoms. The van der Waals surface area contributed by atoms with E-state index in [4.69, 9.17) is 19.0 Å². The lowest BCUT2D eigenvalue weighted by Crippen LogP contribution is -2.07. The molecule has 2 heterocycles. The molecule has 0 amide bonds. The summed E-state index contributed by atoms with van der Waals surface area (Å²) >= 11 is 1.51. The molecule has 0 aliphatic heterocycles. The Hall–Kier alpha value is -1.98. The van der Waals surface area contributed by atoms with E-state index in [-0.39, 0.29) is 0 Å². The van der Waals surface area contributed by atoms with Crippen molar-refractivity contribution in [3.05, 3.63) is 58.4 Å². The van der Waals surface area contributed by atoms with Crippen molar-refractivity contribution in [2.75, 3.05) is 14.2 Å². The Kier molecular flexibility index (Phi) is 5.43. The Morgan fingerprint density at radius 1 is 1.17 bits per heavy atom. The first-order valence-electron chi connectivity index (χ1n) is 7.16. The molecular formula is C17H16O5PS+. The normalized spacial score (nSPS) is 11.5. The van der Waals surface area contributed by atoms with E-state index < -0.39 is 13.7 Å². The summed E-state index contributed by atoms with van der Waals surface area (Å²) in [6, 6.07) is 11.7. The highest BCUT2D eigenvalue weighted by atomic mass is 32.1. The molecule has 0 radical (unpaired) electrons. The fraction of sp³-hybridized carbons (Fsp3) is 0.176. The Balaban J connectivity index is 2.08. The number of carbonyl (C=O) groups is 1. The van der Waals surface area contributed by atoms with E-state index in [1.807, 2.05) is 47.6 Å². The number of rotatable bonds is 6. The molecule has 5 nitrogen and oxygen atoms in total. The van der Waals surface area contributed by atoms with E-state index in [0.717, 1.165) is 15.6 Å².